The Bertz CT molecular complexity index is 724. The molecule has 0 saturated carbocycles. The number of hydrogen-bond acceptors (Lipinski definition) is 3. The fourth-order valence-electron chi connectivity index (χ4n) is 2.06. The van der Waals surface area contributed by atoms with Crippen molar-refractivity contribution in [2.45, 2.75) is 26.9 Å². The second-order valence-electron chi connectivity index (χ2n) is 5.84. The van der Waals surface area contributed by atoms with Crippen molar-refractivity contribution >= 4 is 11.6 Å². The molecule has 2 rings (SSSR count). The van der Waals surface area contributed by atoms with Crippen molar-refractivity contribution < 1.29 is 14.3 Å². The Morgan fingerprint density at radius 1 is 1.17 bits per heavy atom. The molecule has 0 bridgehead atoms. The number of carbonyl (C=O) groups is 1. The Morgan fingerprint density at radius 2 is 1.88 bits per heavy atom. The Kier molecular flexibility index (Phi) is 6.01. The van der Waals surface area contributed by atoms with Crippen LogP contribution in [0.15, 0.2) is 60.7 Å². The molecule has 0 heterocycles. The lowest BCUT2D eigenvalue weighted by atomic mass is 10.2. The zero-order valence-electron chi connectivity index (χ0n) is 14.3. The standard InChI is InChI=1S/C20H23NO3/c1-14(2)13-23-18-9-6-8-17(12-18)21-20(22)16(4)24-19-10-5-7-15(3)11-19/h5-12,16H,1,13H2,2-4H3,(H,21,22). The summed E-state index contributed by atoms with van der Waals surface area (Å²) < 4.78 is 11.3. The second kappa shape index (κ2) is 8.20. The number of rotatable bonds is 7. The van der Waals surface area contributed by atoms with E-state index in [4.69, 9.17) is 9.47 Å². The lowest BCUT2D eigenvalue weighted by molar-refractivity contribution is -0.122. The number of aryl methyl sites for hydroxylation is 1. The van der Waals surface area contributed by atoms with Crippen molar-refractivity contribution in [3.63, 3.8) is 0 Å². The summed E-state index contributed by atoms with van der Waals surface area (Å²) in [5, 5.41) is 2.84. The van der Waals surface area contributed by atoms with Crippen LogP contribution in [0.1, 0.15) is 19.4 Å². The molecule has 0 aliphatic rings. The highest BCUT2D eigenvalue weighted by Gasteiger charge is 2.15. The Balaban J connectivity index is 1.95. The Morgan fingerprint density at radius 3 is 2.58 bits per heavy atom. The highest BCUT2D eigenvalue weighted by atomic mass is 16.5. The van der Waals surface area contributed by atoms with Crippen LogP contribution in [0.3, 0.4) is 0 Å². The van der Waals surface area contributed by atoms with E-state index >= 15 is 0 Å². The summed E-state index contributed by atoms with van der Waals surface area (Å²) >= 11 is 0. The van der Waals surface area contributed by atoms with E-state index in [9.17, 15) is 4.79 Å². The van der Waals surface area contributed by atoms with Gasteiger partial charge in [-0.1, -0.05) is 24.8 Å². The number of hydrogen-bond donors (Lipinski definition) is 1. The largest absolute Gasteiger partial charge is 0.489 e. The summed E-state index contributed by atoms with van der Waals surface area (Å²) in [6.45, 7) is 9.85. The van der Waals surface area contributed by atoms with Crippen LogP contribution in [0.25, 0.3) is 0 Å². The fraction of sp³-hybridized carbons (Fsp3) is 0.250. The minimum Gasteiger partial charge on any atom is -0.489 e. The molecule has 0 spiro atoms. The van der Waals surface area contributed by atoms with Crippen LogP contribution >= 0.6 is 0 Å². The zero-order valence-corrected chi connectivity index (χ0v) is 14.3. The molecule has 2 aromatic carbocycles. The molecule has 0 saturated heterocycles. The molecule has 4 nitrogen and oxygen atoms in total. The van der Waals surface area contributed by atoms with Crippen molar-refractivity contribution in [3.8, 4) is 11.5 Å². The average molecular weight is 325 g/mol. The van der Waals surface area contributed by atoms with E-state index in [0.717, 1.165) is 11.1 Å². The van der Waals surface area contributed by atoms with E-state index in [0.29, 0.717) is 23.8 Å². The normalized spacial score (nSPS) is 11.5. The first-order valence-corrected chi connectivity index (χ1v) is 7.85. The SMILES string of the molecule is C=C(C)COc1cccc(NC(=O)C(C)Oc2cccc(C)c2)c1. The predicted octanol–water partition coefficient (Wildman–Crippen LogP) is 4.36. The molecule has 2 aromatic rings. The van der Waals surface area contributed by atoms with Gasteiger partial charge in [0.1, 0.15) is 18.1 Å². The Hall–Kier alpha value is -2.75. The van der Waals surface area contributed by atoms with Crippen molar-refractivity contribution in [2.75, 3.05) is 11.9 Å². The maximum absolute atomic E-state index is 12.3. The van der Waals surface area contributed by atoms with E-state index < -0.39 is 6.10 Å². The van der Waals surface area contributed by atoms with Crippen molar-refractivity contribution in [2.24, 2.45) is 0 Å². The molecule has 1 atom stereocenters. The number of amides is 1. The lowest BCUT2D eigenvalue weighted by Crippen LogP contribution is -2.30. The summed E-state index contributed by atoms with van der Waals surface area (Å²) in [6.07, 6.45) is -0.605. The van der Waals surface area contributed by atoms with E-state index in [-0.39, 0.29) is 5.91 Å². The van der Waals surface area contributed by atoms with E-state index in [1.54, 1.807) is 13.0 Å². The summed E-state index contributed by atoms with van der Waals surface area (Å²) in [5.41, 5.74) is 2.69. The molecule has 0 aromatic heterocycles. The van der Waals surface area contributed by atoms with Gasteiger partial charge >= 0.3 is 0 Å². The molecule has 1 unspecified atom stereocenters. The molecule has 4 heteroatoms. The molecule has 126 valence electrons. The van der Waals surface area contributed by atoms with Gasteiger partial charge in [0.05, 0.1) is 0 Å². The van der Waals surface area contributed by atoms with Crippen LogP contribution in [-0.2, 0) is 4.79 Å². The maximum Gasteiger partial charge on any atom is 0.265 e. The molecular formula is C20H23NO3. The van der Waals surface area contributed by atoms with Crippen molar-refractivity contribution in [1.29, 1.82) is 0 Å². The van der Waals surface area contributed by atoms with Gasteiger partial charge in [-0.2, -0.15) is 0 Å². The molecular weight excluding hydrogens is 302 g/mol. The van der Waals surface area contributed by atoms with Crippen LogP contribution in [0.5, 0.6) is 11.5 Å². The van der Waals surface area contributed by atoms with Crippen LogP contribution < -0.4 is 14.8 Å². The lowest BCUT2D eigenvalue weighted by Gasteiger charge is -2.15. The molecule has 24 heavy (non-hydrogen) atoms. The fourth-order valence-corrected chi connectivity index (χ4v) is 2.06. The van der Waals surface area contributed by atoms with Crippen LogP contribution in [-0.4, -0.2) is 18.6 Å². The van der Waals surface area contributed by atoms with Crippen LogP contribution in [0.2, 0.25) is 0 Å². The molecule has 0 aliphatic carbocycles. The maximum atomic E-state index is 12.3. The first-order valence-electron chi connectivity index (χ1n) is 7.85. The monoisotopic (exact) mass is 325 g/mol. The molecule has 0 radical (unpaired) electrons. The van der Waals surface area contributed by atoms with Gasteiger partial charge in [0, 0.05) is 11.8 Å². The number of nitrogens with one attached hydrogen (secondary N) is 1. The highest BCUT2D eigenvalue weighted by molar-refractivity contribution is 5.94. The summed E-state index contributed by atoms with van der Waals surface area (Å²) in [6, 6.07) is 14.9. The summed E-state index contributed by atoms with van der Waals surface area (Å²) in [7, 11) is 0. The van der Waals surface area contributed by atoms with E-state index in [2.05, 4.69) is 11.9 Å². The van der Waals surface area contributed by atoms with Gasteiger partial charge in [0.15, 0.2) is 6.10 Å². The third-order valence-corrected chi connectivity index (χ3v) is 3.26. The van der Waals surface area contributed by atoms with Gasteiger partial charge in [0.25, 0.3) is 5.91 Å². The van der Waals surface area contributed by atoms with Gasteiger partial charge in [-0.3, -0.25) is 4.79 Å². The zero-order chi connectivity index (χ0) is 17.5. The smallest absolute Gasteiger partial charge is 0.265 e. The summed E-state index contributed by atoms with van der Waals surface area (Å²) in [5.74, 6) is 1.15. The Labute approximate surface area is 143 Å². The summed E-state index contributed by atoms with van der Waals surface area (Å²) in [4.78, 5) is 12.3. The third-order valence-electron chi connectivity index (χ3n) is 3.26. The highest BCUT2D eigenvalue weighted by Crippen LogP contribution is 2.19. The third kappa shape index (κ3) is 5.47. The van der Waals surface area contributed by atoms with Crippen LogP contribution in [0.4, 0.5) is 5.69 Å². The molecule has 0 aliphatic heterocycles. The van der Waals surface area contributed by atoms with E-state index in [1.165, 1.54) is 0 Å². The predicted molar refractivity (Wildman–Crippen MR) is 96.6 cm³/mol. The molecule has 0 fully saturated rings. The molecule has 1 N–H and O–H groups in total. The minimum absolute atomic E-state index is 0.214. The van der Waals surface area contributed by atoms with Gasteiger partial charge in [-0.05, 0) is 56.2 Å². The number of ether oxygens (including phenoxy) is 2. The topological polar surface area (TPSA) is 47.6 Å². The first-order chi connectivity index (χ1) is 11.4. The minimum atomic E-state index is -0.605. The van der Waals surface area contributed by atoms with Gasteiger partial charge in [-0.15, -0.1) is 0 Å². The van der Waals surface area contributed by atoms with Crippen LogP contribution in [0, 0.1) is 6.92 Å². The van der Waals surface area contributed by atoms with E-state index in [1.807, 2.05) is 56.3 Å². The average Bonchev–Trinajstić information content (AvgIpc) is 2.53. The van der Waals surface area contributed by atoms with Gasteiger partial charge < -0.3 is 14.8 Å². The number of anilines is 1. The number of carbonyl (C=O) groups excluding carboxylic acids is 1. The number of benzene rings is 2. The first kappa shape index (κ1) is 17.6. The van der Waals surface area contributed by atoms with Crippen molar-refractivity contribution in [1.82, 2.24) is 0 Å². The van der Waals surface area contributed by atoms with Gasteiger partial charge in [-0.25, -0.2) is 0 Å². The van der Waals surface area contributed by atoms with Crippen molar-refractivity contribution in [3.05, 3.63) is 66.2 Å². The molecule has 1 amide bonds. The quantitative estimate of drug-likeness (QED) is 0.770. The van der Waals surface area contributed by atoms with Gasteiger partial charge in [0.2, 0.25) is 0 Å². The second-order valence-corrected chi connectivity index (χ2v) is 5.84.